The average Bonchev–Trinajstić information content (AvgIpc) is 2.04. The van der Waals surface area contributed by atoms with Gasteiger partial charge in [-0.3, -0.25) is 4.79 Å². The Morgan fingerprint density at radius 3 is 2.23 bits per heavy atom. The summed E-state index contributed by atoms with van der Waals surface area (Å²) in [6, 6.07) is 0. The van der Waals surface area contributed by atoms with Gasteiger partial charge in [0.15, 0.2) is 0 Å². The van der Waals surface area contributed by atoms with E-state index in [4.69, 9.17) is 4.74 Å². The number of ketones is 1. The highest BCUT2D eigenvalue weighted by atomic mass is 16.5. The van der Waals surface area contributed by atoms with Crippen LogP contribution in [0.25, 0.3) is 0 Å². The number of esters is 1. The van der Waals surface area contributed by atoms with E-state index in [1.165, 1.54) is 6.92 Å². The van der Waals surface area contributed by atoms with Crippen molar-refractivity contribution >= 4 is 11.8 Å². The van der Waals surface area contributed by atoms with E-state index in [0.29, 0.717) is 12.0 Å². The highest BCUT2D eigenvalue weighted by Crippen LogP contribution is 2.05. The molecule has 0 spiro atoms. The molecule has 74 valence electrons. The highest BCUT2D eigenvalue weighted by Gasteiger charge is 2.14. The molecule has 3 nitrogen and oxygen atoms in total. The second kappa shape index (κ2) is 5.51. The van der Waals surface area contributed by atoms with Gasteiger partial charge in [0, 0.05) is 5.57 Å². The number of Topliss-reactive ketones (excluding diaryl/α,β-unsaturated/α-hetero) is 1. The molecule has 13 heavy (non-hydrogen) atoms. The van der Waals surface area contributed by atoms with E-state index in [9.17, 15) is 9.59 Å². The van der Waals surface area contributed by atoms with E-state index in [0.717, 1.165) is 0 Å². The molecule has 0 radical (unpaired) electrons. The van der Waals surface area contributed by atoms with Crippen LogP contribution in [0, 0.1) is 5.92 Å². The van der Waals surface area contributed by atoms with Crippen molar-refractivity contribution in [2.45, 2.75) is 27.2 Å². The molecule has 0 aromatic carbocycles. The largest absolute Gasteiger partial charge is 0.462 e. The van der Waals surface area contributed by atoms with Crippen LogP contribution in [0.15, 0.2) is 12.2 Å². The van der Waals surface area contributed by atoms with E-state index in [1.807, 2.05) is 6.92 Å². The number of hydrogen-bond donors (Lipinski definition) is 0. The van der Waals surface area contributed by atoms with Crippen molar-refractivity contribution in [3.8, 4) is 0 Å². The summed E-state index contributed by atoms with van der Waals surface area (Å²) in [5.41, 5.74) is 0.360. The first-order valence-electron chi connectivity index (χ1n) is 4.32. The van der Waals surface area contributed by atoms with Gasteiger partial charge in [0.2, 0.25) is 0 Å². The minimum Gasteiger partial charge on any atom is -0.462 e. The third kappa shape index (κ3) is 4.45. The fraction of sp³-hybridized carbons (Fsp3) is 0.600. The topological polar surface area (TPSA) is 43.4 Å². The lowest BCUT2D eigenvalue weighted by molar-refractivity contribution is -0.141. The van der Waals surface area contributed by atoms with E-state index in [1.54, 1.807) is 6.92 Å². The number of carbonyl (C=O) groups excluding carboxylic acids is 2. The molecule has 0 saturated carbocycles. The zero-order valence-electron chi connectivity index (χ0n) is 8.42. The summed E-state index contributed by atoms with van der Waals surface area (Å²) in [7, 11) is 0. The minimum absolute atomic E-state index is 0.0528. The Bertz CT molecular complexity index is 218. The molecule has 1 unspecified atom stereocenters. The van der Waals surface area contributed by atoms with Crippen LogP contribution < -0.4 is 0 Å². The predicted molar refractivity (Wildman–Crippen MR) is 50.2 cm³/mol. The molecule has 0 heterocycles. The summed E-state index contributed by atoms with van der Waals surface area (Å²) < 4.78 is 4.86. The maximum absolute atomic E-state index is 11.0. The van der Waals surface area contributed by atoms with Gasteiger partial charge in [-0.05, 0) is 20.3 Å². The van der Waals surface area contributed by atoms with Crippen molar-refractivity contribution in [3.63, 3.8) is 0 Å². The van der Waals surface area contributed by atoms with Crippen molar-refractivity contribution in [2.75, 3.05) is 6.61 Å². The Hall–Kier alpha value is -1.12. The van der Waals surface area contributed by atoms with Gasteiger partial charge in [0.1, 0.15) is 12.4 Å². The van der Waals surface area contributed by atoms with Gasteiger partial charge in [-0.2, -0.15) is 0 Å². The molecular formula is C10H16O3. The molecular weight excluding hydrogens is 168 g/mol. The maximum Gasteiger partial charge on any atom is 0.333 e. The Morgan fingerprint density at radius 2 is 1.92 bits per heavy atom. The lowest BCUT2D eigenvalue weighted by Crippen LogP contribution is -2.19. The Labute approximate surface area is 78.8 Å². The summed E-state index contributed by atoms with van der Waals surface area (Å²) in [6.45, 7) is 8.58. The molecule has 0 fully saturated rings. The van der Waals surface area contributed by atoms with Crippen LogP contribution in [0.3, 0.4) is 0 Å². The molecule has 0 aliphatic heterocycles. The monoisotopic (exact) mass is 184 g/mol. The Kier molecular flexibility index (Phi) is 5.04. The zero-order chi connectivity index (χ0) is 10.4. The van der Waals surface area contributed by atoms with E-state index in [2.05, 4.69) is 6.58 Å². The SMILES string of the molecule is C=C(C)C(=O)OCC(CC)C(C)=O. The number of rotatable bonds is 5. The zero-order valence-corrected chi connectivity index (χ0v) is 8.42. The summed E-state index contributed by atoms with van der Waals surface area (Å²) in [5.74, 6) is -0.556. The second-order valence-electron chi connectivity index (χ2n) is 3.09. The van der Waals surface area contributed by atoms with Crippen molar-refractivity contribution in [1.82, 2.24) is 0 Å². The fourth-order valence-electron chi connectivity index (χ4n) is 0.822. The Morgan fingerprint density at radius 1 is 1.38 bits per heavy atom. The van der Waals surface area contributed by atoms with Crippen LogP contribution in [0.2, 0.25) is 0 Å². The van der Waals surface area contributed by atoms with Crippen LogP contribution in [-0.2, 0) is 14.3 Å². The van der Waals surface area contributed by atoms with Gasteiger partial charge in [-0.1, -0.05) is 13.5 Å². The lowest BCUT2D eigenvalue weighted by Gasteiger charge is -2.11. The van der Waals surface area contributed by atoms with Gasteiger partial charge >= 0.3 is 5.97 Å². The van der Waals surface area contributed by atoms with E-state index >= 15 is 0 Å². The smallest absolute Gasteiger partial charge is 0.333 e. The molecule has 0 amide bonds. The molecule has 0 rings (SSSR count). The van der Waals surface area contributed by atoms with Gasteiger partial charge < -0.3 is 4.74 Å². The quantitative estimate of drug-likeness (QED) is 0.482. The molecule has 0 aromatic heterocycles. The molecule has 0 saturated heterocycles. The molecule has 0 N–H and O–H groups in total. The predicted octanol–water partition coefficient (Wildman–Crippen LogP) is 1.72. The van der Waals surface area contributed by atoms with Crippen molar-refractivity contribution < 1.29 is 14.3 Å². The van der Waals surface area contributed by atoms with Crippen LogP contribution >= 0.6 is 0 Å². The van der Waals surface area contributed by atoms with Crippen LogP contribution in [0.1, 0.15) is 27.2 Å². The highest BCUT2D eigenvalue weighted by molar-refractivity contribution is 5.87. The molecule has 1 atom stereocenters. The maximum atomic E-state index is 11.0. The molecule has 0 aromatic rings. The average molecular weight is 184 g/mol. The van der Waals surface area contributed by atoms with Crippen molar-refractivity contribution in [2.24, 2.45) is 5.92 Å². The summed E-state index contributed by atoms with van der Waals surface area (Å²) in [6.07, 6.45) is 0.693. The Balaban J connectivity index is 3.92. The second-order valence-corrected chi connectivity index (χ2v) is 3.09. The van der Waals surface area contributed by atoms with Crippen LogP contribution in [-0.4, -0.2) is 18.4 Å². The van der Waals surface area contributed by atoms with Crippen molar-refractivity contribution in [3.05, 3.63) is 12.2 Å². The molecule has 0 aliphatic carbocycles. The number of carbonyl (C=O) groups is 2. The van der Waals surface area contributed by atoms with Crippen molar-refractivity contribution in [1.29, 1.82) is 0 Å². The molecule has 0 bridgehead atoms. The first kappa shape index (κ1) is 11.9. The molecule has 3 heteroatoms. The van der Waals surface area contributed by atoms with Gasteiger partial charge in [0.25, 0.3) is 0 Å². The first-order chi connectivity index (χ1) is 5.99. The van der Waals surface area contributed by atoms with Crippen LogP contribution in [0.5, 0.6) is 0 Å². The third-order valence-electron chi connectivity index (χ3n) is 1.83. The summed E-state index contributed by atoms with van der Waals surface area (Å²) >= 11 is 0. The van der Waals surface area contributed by atoms with Gasteiger partial charge in [0.05, 0.1) is 5.92 Å². The van der Waals surface area contributed by atoms with Crippen LogP contribution in [0.4, 0.5) is 0 Å². The normalized spacial score (nSPS) is 11.9. The third-order valence-corrected chi connectivity index (χ3v) is 1.83. The van der Waals surface area contributed by atoms with Gasteiger partial charge in [-0.15, -0.1) is 0 Å². The van der Waals surface area contributed by atoms with E-state index < -0.39 is 5.97 Å². The van der Waals surface area contributed by atoms with E-state index in [-0.39, 0.29) is 18.3 Å². The summed E-state index contributed by atoms with van der Waals surface area (Å²) in [4.78, 5) is 21.9. The minimum atomic E-state index is -0.431. The standard InChI is InChI=1S/C10H16O3/c1-5-9(8(4)11)6-13-10(12)7(2)3/h9H,2,5-6H2,1,3-4H3. The van der Waals surface area contributed by atoms with Gasteiger partial charge in [-0.25, -0.2) is 4.79 Å². The first-order valence-corrected chi connectivity index (χ1v) is 4.32. The number of ether oxygens (including phenoxy) is 1. The summed E-state index contributed by atoms with van der Waals surface area (Å²) in [5, 5.41) is 0. The number of hydrogen-bond acceptors (Lipinski definition) is 3. The molecule has 0 aliphatic rings. The fourth-order valence-corrected chi connectivity index (χ4v) is 0.822. The lowest BCUT2D eigenvalue weighted by atomic mass is 10.0.